The molecule has 3 nitrogen and oxygen atoms in total. The molecular formula is C13H13ClN2OS. The largest absolute Gasteiger partial charge is 0.288 e. The monoisotopic (exact) mass is 280 g/mol. The molecule has 1 saturated carbocycles. The van der Waals surface area contributed by atoms with Gasteiger partial charge in [0, 0.05) is 17.5 Å². The third-order valence-electron chi connectivity index (χ3n) is 3.08. The number of amides is 1. The maximum absolute atomic E-state index is 12.1. The lowest BCUT2D eigenvalue weighted by atomic mass is 10.3. The first-order chi connectivity index (χ1) is 8.69. The van der Waals surface area contributed by atoms with Crippen LogP contribution in [-0.4, -0.2) is 17.4 Å². The quantitative estimate of drug-likeness (QED) is 0.859. The number of carbonyl (C=O) groups excluding carboxylic acids is 1. The maximum atomic E-state index is 12.1. The number of benzene rings is 1. The Morgan fingerprint density at radius 2 is 2.33 bits per heavy atom. The van der Waals surface area contributed by atoms with Crippen LogP contribution < -0.4 is 4.90 Å². The number of nitrogens with zero attached hydrogens (tertiary/aromatic N) is 2. The summed E-state index contributed by atoms with van der Waals surface area (Å²) in [6.45, 7) is 2.65. The number of aromatic nitrogens is 1. The summed E-state index contributed by atoms with van der Waals surface area (Å²) in [6, 6.07) is 5.62. The average molecular weight is 281 g/mol. The molecule has 0 N–H and O–H groups in total. The van der Waals surface area contributed by atoms with Crippen LogP contribution in [-0.2, 0) is 4.79 Å². The van der Waals surface area contributed by atoms with E-state index < -0.39 is 0 Å². The Labute approximate surface area is 114 Å². The number of hydrogen-bond donors (Lipinski definition) is 0. The van der Waals surface area contributed by atoms with Crippen molar-refractivity contribution in [1.82, 2.24) is 4.98 Å². The normalized spacial score (nSPS) is 15.0. The third kappa shape index (κ3) is 2.10. The van der Waals surface area contributed by atoms with Gasteiger partial charge in [-0.1, -0.05) is 22.9 Å². The van der Waals surface area contributed by atoms with Crippen molar-refractivity contribution >= 4 is 44.2 Å². The van der Waals surface area contributed by atoms with Gasteiger partial charge in [0.2, 0.25) is 5.91 Å². The Kier molecular flexibility index (Phi) is 2.99. The number of carbonyl (C=O) groups is 1. The van der Waals surface area contributed by atoms with E-state index in [-0.39, 0.29) is 11.8 Å². The fourth-order valence-corrected chi connectivity index (χ4v) is 3.25. The van der Waals surface area contributed by atoms with Gasteiger partial charge in [-0.05, 0) is 38.0 Å². The van der Waals surface area contributed by atoms with Crippen molar-refractivity contribution in [2.75, 3.05) is 11.4 Å². The molecule has 1 fully saturated rings. The van der Waals surface area contributed by atoms with Gasteiger partial charge in [0.25, 0.3) is 0 Å². The second kappa shape index (κ2) is 4.52. The molecular weight excluding hydrogens is 268 g/mol. The summed E-state index contributed by atoms with van der Waals surface area (Å²) in [6.07, 6.45) is 2.04. The van der Waals surface area contributed by atoms with Crippen molar-refractivity contribution in [2.45, 2.75) is 19.8 Å². The summed E-state index contributed by atoms with van der Waals surface area (Å²) < 4.78 is 1.03. The molecule has 1 aliphatic rings. The molecule has 3 rings (SSSR count). The third-order valence-corrected chi connectivity index (χ3v) is 4.36. The fourth-order valence-electron chi connectivity index (χ4n) is 1.94. The molecule has 1 aromatic carbocycles. The smallest absolute Gasteiger partial charge is 0.231 e. The van der Waals surface area contributed by atoms with E-state index in [1.807, 2.05) is 25.1 Å². The van der Waals surface area contributed by atoms with Crippen LogP contribution in [0.2, 0.25) is 5.02 Å². The van der Waals surface area contributed by atoms with Crippen LogP contribution in [0.1, 0.15) is 19.8 Å². The molecule has 1 amide bonds. The van der Waals surface area contributed by atoms with Crippen LogP contribution >= 0.6 is 22.9 Å². The Morgan fingerprint density at radius 1 is 1.56 bits per heavy atom. The summed E-state index contributed by atoms with van der Waals surface area (Å²) in [4.78, 5) is 18.5. The molecule has 5 heteroatoms. The predicted molar refractivity (Wildman–Crippen MR) is 75.4 cm³/mol. The molecule has 1 heterocycles. The zero-order chi connectivity index (χ0) is 12.7. The molecule has 2 aromatic rings. The molecule has 0 spiro atoms. The summed E-state index contributed by atoms with van der Waals surface area (Å²) in [7, 11) is 0. The zero-order valence-electron chi connectivity index (χ0n) is 10.0. The SMILES string of the molecule is CCN(C(=O)C1CC1)c1nc2ccc(Cl)cc2s1. The molecule has 0 unspecified atom stereocenters. The number of anilines is 1. The van der Waals surface area contributed by atoms with Crippen molar-refractivity contribution < 1.29 is 4.79 Å². The lowest BCUT2D eigenvalue weighted by molar-refractivity contribution is -0.119. The summed E-state index contributed by atoms with van der Waals surface area (Å²) in [5.74, 6) is 0.434. The highest BCUT2D eigenvalue weighted by Crippen LogP contribution is 2.35. The molecule has 0 atom stereocenters. The minimum atomic E-state index is 0.211. The van der Waals surface area contributed by atoms with Gasteiger partial charge in [-0.25, -0.2) is 4.98 Å². The van der Waals surface area contributed by atoms with Gasteiger partial charge in [0.15, 0.2) is 5.13 Å². The Hall–Kier alpha value is -1.13. The molecule has 1 aromatic heterocycles. The first-order valence-corrected chi connectivity index (χ1v) is 7.26. The van der Waals surface area contributed by atoms with Gasteiger partial charge in [-0.2, -0.15) is 0 Å². The summed E-state index contributed by atoms with van der Waals surface area (Å²) >= 11 is 7.49. The van der Waals surface area contributed by atoms with Gasteiger partial charge in [-0.15, -0.1) is 0 Å². The Balaban J connectivity index is 1.98. The minimum absolute atomic E-state index is 0.211. The molecule has 18 heavy (non-hydrogen) atoms. The van der Waals surface area contributed by atoms with Crippen molar-refractivity contribution in [1.29, 1.82) is 0 Å². The highest BCUT2D eigenvalue weighted by atomic mass is 35.5. The van der Waals surface area contributed by atoms with Gasteiger partial charge in [0.05, 0.1) is 10.2 Å². The number of fused-ring (bicyclic) bond motifs is 1. The Morgan fingerprint density at radius 3 is 3.00 bits per heavy atom. The topological polar surface area (TPSA) is 33.2 Å². The second-order valence-corrected chi connectivity index (χ2v) is 5.91. The maximum Gasteiger partial charge on any atom is 0.231 e. The molecule has 0 aliphatic heterocycles. The van der Waals surface area contributed by atoms with Crippen molar-refractivity contribution in [3.05, 3.63) is 23.2 Å². The number of hydrogen-bond acceptors (Lipinski definition) is 3. The van der Waals surface area contributed by atoms with E-state index in [0.717, 1.165) is 28.2 Å². The van der Waals surface area contributed by atoms with E-state index >= 15 is 0 Å². The van der Waals surface area contributed by atoms with E-state index in [9.17, 15) is 4.79 Å². The number of rotatable bonds is 3. The number of thiazole rings is 1. The first kappa shape index (κ1) is 11.9. The van der Waals surface area contributed by atoms with Crippen LogP contribution in [0.3, 0.4) is 0 Å². The lowest BCUT2D eigenvalue weighted by Crippen LogP contribution is -2.31. The highest BCUT2D eigenvalue weighted by molar-refractivity contribution is 7.22. The van der Waals surface area contributed by atoms with E-state index in [1.54, 1.807) is 4.90 Å². The minimum Gasteiger partial charge on any atom is -0.288 e. The summed E-state index contributed by atoms with van der Waals surface area (Å²) in [5, 5.41) is 1.49. The van der Waals surface area contributed by atoms with Crippen molar-refractivity contribution in [3.63, 3.8) is 0 Å². The van der Waals surface area contributed by atoms with E-state index in [0.29, 0.717) is 11.6 Å². The van der Waals surface area contributed by atoms with Crippen molar-refractivity contribution in [3.8, 4) is 0 Å². The molecule has 0 bridgehead atoms. The van der Waals surface area contributed by atoms with Crippen LogP contribution in [0.25, 0.3) is 10.2 Å². The van der Waals surface area contributed by atoms with Gasteiger partial charge in [-0.3, -0.25) is 9.69 Å². The molecule has 94 valence electrons. The second-order valence-electron chi connectivity index (χ2n) is 4.47. The van der Waals surface area contributed by atoms with Gasteiger partial charge in [0.1, 0.15) is 0 Å². The van der Waals surface area contributed by atoms with Crippen LogP contribution in [0.4, 0.5) is 5.13 Å². The lowest BCUT2D eigenvalue weighted by Gasteiger charge is -2.16. The highest BCUT2D eigenvalue weighted by Gasteiger charge is 2.34. The van der Waals surface area contributed by atoms with E-state index in [2.05, 4.69) is 4.98 Å². The van der Waals surface area contributed by atoms with Crippen LogP contribution in [0.15, 0.2) is 18.2 Å². The van der Waals surface area contributed by atoms with E-state index in [1.165, 1.54) is 11.3 Å². The number of halogens is 1. The molecule has 0 saturated heterocycles. The first-order valence-electron chi connectivity index (χ1n) is 6.06. The fraction of sp³-hybridized carbons (Fsp3) is 0.385. The van der Waals surface area contributed by atoms with Gasteiger partial charge >= 0.3 is 0 Å². The van der Waals surface area contributed by atoms with Crippen molar-refractivity contribution in [2.24, 2.45) is 5.92 Å². The zero-order valence-corrected chi connectivity index (χ0v) is 11.6. The predicted octanol–water partition coefficient (Wildman–Crippen LogP) is 3.71. The van der Waals surface area contributed by atoms with Gasteiger partial charge < -0.3 is 0 Å². The molecule has 1 aliphatic carbocycles. The average Bonchev–Trinajstić information content (AvgIpc) is 3.11. The Bertz CT molecular complexity index is 606. The summed E-state index contributed by atoms with van der Waals surface area (Å²) in [5.41, 5.74) is 0.904. The van der Waals surface area contributed by atoms with Crippen LogP contribution in [0.5, 0.6) is 0 Å². The standard InChI is InChI=1S/C13H13ClN2OS/c1-2-16(12(17)8-3-4-8)13-15-10-6-5-9(14)7-11(10)18-13/h5-8H,2-4H2,1H3. The van der Waals surface area contributed by atoms with E-state index in [4.69, 9.17) is 11.6 Å². The molecule has 0 radical (unpaired) electrons. The van der Waals surface area contributed by atoms with Crippen LogP contribution in [0, 0.1) is 5.92 Å².